The molecule has 0 N–H and O–H groups in total. The fourth-order valence-corrected chi connectivity index (χ4v) is 9.38. The lowest BCUT2D eigenvalue weighted by molar-refractivity contribution is -0.169. The highest BCUT2D eigenvalue weighted by molar-refractivity contribution is 5.83. The molecule has 4 aliphatic rings. The topological polar surface area (TPSA) is 43.4 Å². The average Bonchev–Trinajstić information content (AvgIpc) is 3.10. The molecule has 188 valence electrons. The second kappa shape index (κ2) is 9.30. The van der Waals surface area contributed by atoms with Gasteiger partial charge in [-0.15, -0.1) is 0 Å². The monoisotopic (exact) mass is 458 g/mol. The zero-order valence-electron chi connectivity index (χ0n) is 22.5. The Bertz CT molecular complexity index is 743. The van der Waals surface area contributed by atoms with Crippen LogP contribution in [0.3, 0.4) is 0 Å². The van der Waals surface area contributed by atoms with Gasteiger partial charge in [-0.05, 0) is 97.2 Å². The Morgan fingerprint density at radius 1 is 0.970 bits per heavy atom. The number of hydrogen-bond donors (Lipinski definition) is 0. The van der Waals surface area contributed by atoms with Crippen LogP contribution in [0.15, 0.2) is 0 Å². The summed E-state index contributed by atoms with van der Waals surface area (Å²) in [4.78, 5) is 25.0. The molecular weight excluding hydrogens is 408 g/mol. The van der Waals surface area contributed by atoms with Crippen molar-refractivity contribution >= 4 is 11.8 Å². The molecule has 3 heteroatoms. The second-order valence-corrected chi connectivity index (χ2v) is 13.6. The van der Waals surface area contributed by atoms with Gasteiger partial charge in [0, 0.05) is 19.3 Å². The molecule has 0 radical (unpaired) electrons. The fourth-order valence-electron chi connectivity index (χ4n) is 9.38. The third kappa shape index (κ3) is 4.44. The summed E-state index contributed by atoms with van der Waals surface area (Å²) in [5.41, 5.74) is 0.522. The van der Waals surface area contributed by atoms with E-state index in [4.69, 9.17) is 4.74 Å². The quantitative estimate of drug-likeness (QED) is 0.388. The summed E-state index contributed by atoms with van der Waals surface area (Å²) in [5, 5.41) is 0. The van der Waals surface area contributed by atoms with Crippen LogP contribution in [0.5, 0.6) is 0 Å². The lowest BCUT2D eigenvalue weighted by Crippen LogP contribution is -2.57. The lowest BCUT2D eigenvalue weighted by Gasteiger charge is -2.60. The molecule has 10 atom stereocenters. The minimum Gasteiger partial charge on any atom is -0.463 e. The molecule has 0 spiro atoms. The second-order valence-electron chi connectivity index (χ2n) is 13.6. The van der Waals surface area contributed by atoms with Crippen LogP contribution < -0.4 is 0 Å². The molecule has 0 heterocycles. The normalized spacial score (nSPS) is 44.5. The molecule has 0 aromatic heterocycles. The van der Waals surface area contributed by atoms with E-state index in [-0.39, 0.29) is 23.4 Å². The number of carbonyl (C=O) groups excluding carboxylic acids is 2. The van der Waals surface area contributed by atoms with Crippen molar-refractivity contribution in [3.63, 3.8) is 0 Å². The predicted octanol–water partition coefficient (Wildman–Crippen LogP) is 7.46. The predicted molar refractivity (Wildman–Crippen MR) is 134 cm³/mol. The first-order valence-electron chi connectivity index (χ1n) is 14.2. The first kappa shape index (κ1) is 25.2. The van der Waals surface area contributed by atoms with Crippen LogP contribution in [0.4, 0.5) is 0 Å². The lowest BCUT2D eigenvalue weighted by atomic mass is 9.44. The van der Waals surface area contributed by atoms with E-state index >= 15 is 0 Å². The maximum atomic E-state index is 13.5. The summed E-state index contributed by atoms with van der Waals surface area (Å²) in [6, 6.07) is 0. The van der Waals surface area contributed by atoms with E-state index in [0.717, 1.165) is 55.3 Å². The number of carbonyl (C=O) groups is 2. The van der Waals surface area contributed by atoms with Gasteiger partial charge >= 0.3 is 5.97 Å². The van der Waals surface area contributed by atoms with Crippen LogP contribution in [0, 0.1) is 58.2 Å². The van der Waals surface area contributed by atoms with Gasteiger partial charge in [-0.1, -0.05) is 54.4 Å². The zero-order chi connectivity index (χ0) is 24.1. The molecule has 3 nitrogen and oxygen atoms in total. The molecule has 4 aliphatic carbocycles. The molecule has 33 heavy (non-hydrogen) atoms. The number of rotatable bonds is 6. The van der Waals surface area contributed by atoms with Gasteiger partial charge in [0.15, 0.2) is 0 Å². The van der Waals surface area contributed by atoms with Gasteiger partial charge in [-0.25, -0.2) is 0 Å². The number of ether oxygens (including phenoxy) is 1. The molecule has 0 aromatic carbocycles. The molecular formula is C30H50O3. The Hall–Kier alpha value is -0.860. The molecule has 0 saturated heterocycles. The Morgan fingerprint density at radius 3 is 2.30 bits per heavy atom. The maximum absolute atomic E-state index is 13.5. The van der Waals surface area contributed by atoms with E-state index in [1.54, 1.807) is 0 Å². The van der Waals surface area contributed by atoms with E-state index in [2.05, 4.69) is 41.5 Å². The van der Waals surface area contributed by atoms with Gasteiger partial charge in [0.2, 0.25) is 0 Å². The molecule has 4 fully saturated rings. The number of fused-ring (bicyclic) bond motifs is 5. The Kier molecular flexibility index (Phi) is 7.12. The third-order valence-electron chi connectivity index (χ3n) is 11.7. The van der Waals surface area contributed by atoms with Crippen LogP contribution in [0.2, 0.25) is 0 Å². The highest BCUT2D eigenvalue weighted by atomic mass is 16.5. The van der Waals surface area contributed by atoms with E-state index in [9.17, 15) is 9.59 Å². The van der Waals surface area contributed by atoms with Crippen LogP contribution in [0.1, 0.15) is 113 Å². The molecule has 0 aliphatic heterocycles. The van der Waals surface area contributed by atoms with Gasteiger partial charge in [0.05, 0.1) is 0 Å². The van der Waals surface area contributed by atoms with Crippen molar-refractivity contribution in [3.05, 3.63) is 0 Å². The number of Topliss-reactive ketones (excluding diaryl/α,β-unsaturated/α-hetero) is 1. The average molecular weight is 459 g/mol. The van der Waals surface area contributed by atoms with Crippen LogP contribution in [-0.2, 0) is 14.3 Å². The third-order valence-corrected chi connectivity index (χ3v) is 11.7. The van der Waals surface area contributed by atoms with Crippen molar-refractivity contribution in [1.29, 1.82) is 0 Å². The van der Waals surface area contributed by atoms with Gasteiger partial charge in [0.25, 0.3) is 0 Å². The largest absolute Gasteiger partial charge is 0.463 e. The van der Waals surface area contributed by atoms with Gasteiger partial charge < -0.3 is 4.74 Å². The zero-order valence-corrected chi connectivity index (χ0v) is 22.5. The van der Waals surface area contributed by atoms with Gasteiger partial charge in [-0.2, -0.15) is 0 Å². The number of hydrogen-bond acceptors (Lipinski definition) is 3. The summed E-state index contributed by atoms with van der Waals surface area (Å²) in [7, 11) is 0. The number of esters is 1. The van der Waals surface area contributed by atoms with E-state index in [0.29, 0.717) is 23.0 Å². The molecule has 4 saturated carbocycles. The van der Waals surface area contributed by atoms with Crippen molar-refractivity contribution < 1.29 is 14.3 Å². The highest BCUT2D eigenvalue weighted by Crippen LogP contribution is 2.68. The summed E-state index contributed by atoms with van der Waals surface area (Å²) in [5.74, 6) is 5.53. The van der Waals surface area contributed by atoms with E-state index in [1.165, 1.54) is 45.4 Å². The summed E-state index contributed by atoms with van der Waals surface area (Å²) >= 11 is 0. The molecule has 0 amide bonds. The Labute approximate surface area is 203 Å². The summed E-state index contributed by atoms with van der Waals surface area (Å²) in [6.07, 6.45) is 11.5. The number of ketones is 1. The van der Waals surface area contributed by atoms with Crippen LogP contribution in [0.25, 0.3) is 0 Å². The van der Waals surface area contributed by atoms with Crippen LogP contribution >= 0.6 is 0 Å². The standard InChI is InChI=1S/C30H50O3/c1-18(2)19(3)8-9-20(4)24-10-11-25-23-17-28(32)27-16-22(33-21(5)31)12-14-30(27,7)26(23)13-15-29(24,25)6/h18-20,22-27H,8-17H2,1-7H3/t19-,20+,22+,23+,24+,25-,26-,27+,29-,30-/m0/s1. The molecule has 0 unspecified atom stereocenters. The van der Waals surface area contributed by atoms with Crippen LogP contribution in [-0.4, -0.2) is 17.9 Å². The summed E-state index contributed by atoms with van der Waals surface area (Å²) < 4.78 is 5.56. The van der Waals surface area contributed by atoms with Gasteiger partial charge in [0.1, 0.15) is 11.9 Å². The summed E-state index contributed by atoms with van der Waals surface area (Å²) in [6.45, 7) is 16.2. The SMILES string of the molecule is CC(=O)O[C@@H]1CC[C@]2(C)[C@H](C1)C(=O)C[C@@H]1[C@@H]3CC[C@H]([C@H](C)CC[C@H](C)C(C)C)[C@]3(C)CC[C@@H]12. The van der Waals surface area contributed by atoms with Crippen molar-refractivity contribution in [2.75, 3.05) is 0 Å². The molecule has 0 aromatic rings. The minimum absolute atomic E-state index is 0.0557. The maximum Gasteiger partial charge on any atom is 0.302 e. The van der Waals surface area contributed by atoms with Crippen molar-refractivity contribution in [1.82, 2.24) is 0 Å². The fraction of sp³-hybridized carbons (Fsp3) is 0.933. The highest BCUT2D eigenvalue weighted by Gasteiger charge is 2.62. The van der Waals surface area contributed by atoms with E-state index < -0.39 is 0 Å². The Balaban J connectivity index is 1.48. The molecule has 0 bridgehead atoms. The molecule has 4 rings (SSSR count). The first-order valence-corrected chi connectivity index (χ1v) is 14.2. The van der Waals surface area contributed by atoms with Gasteiger partial charge in [-0.3, -0.25) is 9.59 Å². The van der Waals surface area contributed by atoms with Crippen molar-refractivity contribution in [3.8, 4) is 0 Å². The first-order chi connectivity index (χ1) is 15.5. The van der Waals surface area contributed by atoms with Crippen molar-refractivity contribution in [2.45, 2.75) is 119 Å². The van der Waals surface area contributed by atoms with E-state index in [1.807, 2.05) is 0 Å². The smallest absolute Gasteiger partial charge is 0.302 e. The Morgan fingerprint density at radius 2 is 1.64 bits per heavy atom. The van der Waals surface area contributed by atoms with Crippen molar-refractivity contribution in [2.24, 2.45) is 58.2 Å². The minimum atomic E-state index is -0.202.